The molecule has 0 unspecified atom stereocenters. The molecule has 2 N–H and O–H groups in total. The monoisotopic (exact) mass is 410 g/mol. The van der Waals surface area contributed by atoms with E-state index in [-0.39, 0.29) is 0 Å². The van der Waals surface area contributed by atoms with E-state index in [1.54, 1.807) is 0 Å². The van der Waals surface area contributed by atoms with Gasteiger partial charge in [-0.15, -0.1) is 0 Å². The predicted octanol–water partition coefficient (Wildman–Crippen LogP) is 6.30. The van der Waals surface area contributed by atoms with E-state index in [1.165, 1.54) is 114 Å². The number of hydrogen-bond acceptors (Lipinski definition) is 2. The van der Waals surface area contributed by atoms with E-state index in [0.29, 0.717) is 0 Å². The minimum Gasteiger partial charge on any atom is -0.328 e. The van der Waals surface area contributed by atoms with Gasteiger partial charge in [-0.05, 0) is 19.3 Å². The first-order valence-electron chi connectivity index (χ1n) is 11.1. The number of nitrogens with zero attached hydrogens (tertiary/aromatic N) is 1. The maximum absolute atomic E-state index is 8.74. The normalized spacial score (nSPS) is 11.9. The van der Waals surface area contributed by atoms with Gasteiger partial charge in [0, 0.05) is 0 Å². The molecule has 0 rings (SSSR count). The largest absolute Gasteiger partial charge is 0.394 e. The van der Waals surface area contributed by atoms with Crippen LogP contribution in [0.4, 0.5) is 0 Å². The summed E-state index contributed by atoms with van der Waals surface area (Å²) < 4.78 is 32.8. The van der Waals surface area contributed by atoms with Crippen LogP contribution in [0.25, 0.3) is 0 Å². The molecule has 0 amide bonds. The molecular formula is C21H48NO4S+. The summed E-state index contributed by atoms with van der Waals surface area (Å²) in [5, 5.41) is 0. The third-order valence-electron chi connectivity index (χ3n) is 4.95. The maximum atomic E-state index is 8.74. The van der Waals surface area contributed by atoms with Gasteiger partial charge in [0.2, 0.25) is 0 Å². The molecule has 0 radical (unpaired) electrons. The van der Waals surface area contributed by atoms with Gasteiger partial charge in [-0.1, -0.05) is 90.9 Å². The van der Waals surface area contributed by atoms with Crippen molar-refractivity contribution >= 4 is 10.4 Å². The zero-order valence-electron chi connectivity index (χ0n) is 18.6. The molecule has 0 saturated heterocycles. The van der Waals surface area contributed by atoms with Crippen LogP contribution in [0, 0.1) is 0 Å². The fraction of sp³-hybridized carbons (Fsp3) is 1.00. The van der Waals surface area contributed by atoms with Crippen LogP contribution >= 0.6 is 0 Å². The van der Waals surface area contributed by atoms with Gasteiger partial charge < -0.3 is 4.48 Å². The summed E-state index contributed by atoms with van der Waals surface area (Å²) in [5.74, 6) is 0. The first-order chi connectivity index (χ1) is 12.6. The zero-order valence-corrected chi connectivity index (χ0v) is 19.4. The molecule has 27 heavy (non-hydrogen) atoms. The van der Waals surface area contributed by atoms with Crippen LogP contribution in [0.2, 0.25) is 0 Å². The minimum absolute atomic E-state index is 1.22. The molecule has 0 atom stereocenters. The van der Waals surface area contributed by atoms with E-state index in [2.05, 4.69) is 27.9 Å². The second kappa shape index (κ2) is 19.2. The van der Waals surface area contributed by atoms with Gasteiger partial charge in [-0.25, -0.2) is 0 Å². The van der Waals surface area contributed by atoms with Crippen LogP contribution in [0.5, 0.6) is 0 Å². The van der Waals surface area contributed by atoms with Crippen LogP contribution in [0.15, 0.2) is 0 Å². The first-order valence-corrected chi connectivity index (χ1v) is 12.5. The van der Waals surface area contributed by atoms with Gasteiger partial charge in [0.05, 0.1) is 27.2 Å². The topological polar surface area (TPSA) is 74.6 Å². The highest BCUT2D eigenvalue weighted by Gasteiger charge is 2.11. The van der Waals surface area contributed by atoms with Crippen molar-refractivity contribution in [3.8, 4) is 0 Å². The predicted molar refractivity (Wildman–Crippen MR) is 117 cm³/mol. The Labute approximate surface area is 170 Å². The van der Waals surface area contributed by atoms with Crippen LogP contribution in [0.3, 0.4) is 0 Å². The summed E-state index contributed by atoms with van der Waals surface area (Å²) >= 11 is 0. The van der Waals surface area contributed by atoms with Crippen molar-refractivity contribution in [1.82, 2.24) is 0 Å². The van der Waals surface area contributed by atoms with Gasteiger partial charge in [-0.2, -0.15) is 8.42 Å². The number of rotatable bonds is 17. The summed E-state index contributed by atoms with van der Waals surface area (Å²) in [5.41, 5.74) is 0. The standard InChI is InChI=1S/C21H46N.H2O4S/c1-5-7-8-9-10-11-12-13-14-15-16-17-18-19-21-22(3,4)20-6-2;1-5(2,3)4/h5-21H2,1-4H3;(H2,1,2,3,4)/q+1;. The average Bonchev–Trinajstić information content (AvgIpc) is 2.53. The van der Waals surface area contributed by atoms with E-state index < -0.39 is 10.4 Å². The molecule has 0 aromatic rings. The molecular weight excluding hydrogens is 362 g/mol. The highest BCUT2D eigenvalue weighted by molar-refractivity contribution is 7.79. The van der Waals surface area contributed by atoms with Crippen molar-refractivity contribution in [3.05, 3.63) is 0 Å². The molecule has 5 nitrogen and oxygen atoms in total. The molecule has 0 spiro atoms. The Hall–Kier alpha value is -0.170. The lowest BCUT2D eigenvalue weighted by Crippen LogP contribution is -2.40. The summed E-state index contributed by atoms with van der Waals surface area (Å²) in [4.78, 5) is 0. The van der Waals surface area contributed by atoms with Crippen LogP contribution < -0.4 is 0 Å². The van der Waals surface area contributed by atoms with Crippen molar-refractivity contribution in [3.63, 3.8) is 0 Å². The first kappa shape index (κ1) is 29.0. The Bertz CT molecular complexity index is 389. The molecule has 0 aromatic carbocycles. The minimum atomic E-state index is -4.67. The van der Waals surface area contributed by atoms with Crippen LogP contribution in [0.1, 0.15) is 110 Å². The Morgan fingerprint density at radius 2 is 0.852 bits per heavy atom. The number of quaternary nitrogens is 1. The Morgan fingerprint density at radius 3 is 1.15 bits per heavy atom. The van der Waals surface area contributed by atoms with Crippen LogP contribution in [-0.4, -0.2) is 49.2 Å². The SMILES string of the molecule is CCCCCCCCCCCCCCCC[N+](C)(C)CCC.O=S(=O)(O)O. The van der Waals surface area contributed by atoms with Gasteiger partial charge in [-0.3, -0.25) is 9.11 Å². The van der Waals surface area contributed by atoms with E-state index in [9.17, 15) is 0 Å². The fourth-order valence-corrected chi connectivity index (χ4v) is 3.45. The zero-order chi connectivity index (χ0) is 21.0. The van der Waals surface area contributed by atoms with Gasteiger partial charge in [0.1, 0.15) is 0 Å². The number of hydrogen-bond donors (Lipinski definition) is 2. The summed E-state index contributed by atoms with van der Waals surface area (Å²) in [6, 6.07) is 0. The Morgan fingerprint density at radius 1 is 0.556 bits per heavy atom. The smallest absolute Gasteiger partial charge is 0.328 e. The molecule has 0 aromatic heterocycles. The lowest BCUT2D eigenvalue weighted by molar-refractivity contribution is -0.890. The molecule has 0 aliphatic rings. The van der Waals surface area contributed by atoms with Crippen molar-refractivity contribution < 1.29 is 22.0 Å². The highest BCUT2D eigenvalue weighted by Crippen LogP contribution is 2.13. The average molecular weight is 411 g/mol. The third kappa shape index (κ3) is 33.8. The molecule has 0 heterocycles. The second-order valence-corrected chi connectivity index (χ2v) is 9.32. The van der Waals surface area contributed by atoms with Gasteiger partial charge >= 0.3 is 10.4 Å². The molecule has 0 fully saturated rings. The molecule has 0 aliphatic heterocycles. The second-order valence-electron chi connectivity index (χ2n) is 8.43. The van der Waals surface area contributed by atoms with E-state index >= 15 is 0 Å². The van der Waals surface area contributed by atoms with Gasteiger partial charge in [0.25, 0.3) is 0 Å². The van der Waals surface area contributed by atoms with Crippen molar-refractivity contribution in [2.75, 3.05) is 27.2 Å². The van der Waals surface area contributed by atoms with Crippen molar-refractivity contribution in [1.29, 1.82) is 0 Å². The maximum Gasteiger partial charge on any atom is 0.394 e. The molecule has 0 saturated carbocycles. The number of unbranched alkanes of at least 4 members (excludes halogenated alkanes) is 13. The van der Waals surface area contributed by atoms with E-state index in [1.807, 2.05) is 0 Å². The molecule has 166 valence electrons. The lowest BCUT2D eigenvalue weighted by Gasteiger charge is -2.29. The Balaban J connectivity index is 0. The third-order valence-corrected chi connectivity index (χ3v) is 4.95. The van der Waals surface area contributed by atoms with Crippen LogP contribution in [-0.2, 0) is 10.4 Å². The summed E-state index contributed by atoms with van der Waals surface area (Å²) in [6.45, 7) is 7.29. The summed E-state index contributed by atoms with van der Waals surface area (Å²) in [7, 11) is 0.0948. The molecule has 6 heteroatoms. The van der Waals surface area contributed by atoms with E-state index in [0.717, 1.165) is 0 Å². The highest BCUT2D eigenvalue weighted by atomic mass is 32.3. The fourth-order valence-electron chi connectivity index (χ4n) is 3.45. The summed E-state index contributed by atoms with van der Waals surface area (Å²) in [6.07, 6.45) is 21.7. The molecule has 0 bridgehead atoms. The van der Waals surface area contributed by atoms with Crippen molar-refractivity contribution in [2.45, 2.75) is 110 Å². The lowest BCUT2D eigenvalue weighted by atomic mass is 10.0. The molecule has 0 aliphatic carbocycles. The van der Waals surface area contributed by atoms with Crippen molar-refractivity contribution in [2.24, 2.45) is 0 Å². The Kier molecular flexibility index (Phi) is 20.6. The quantitative estimate of drug-likeness (QED) is 0.168. The van der Waals surface area contributed by atoms with Gasteiger partial charge in [0.15, 0.2) is 0 Å². The van der Waals surface area contributed by atoms with E-state index in [4.69, 9.17) is 17.5 Å².